The molecule has 1 heterocycles. The van der Waals surface area contributed by atoms with Crippen molar-refractivity contribution in [3.63, 3.8) is 0 Å². The maximum Gasteiger partial charge on any atom is 0.445 e. The normalized spacial score (nSPS) is 20.1. The van der Waals surface area contributed by atoms with Gasteiger partial charge in [0.2, 0.25) is 0 Å². The van der Waals surface area contributed by atoms with Crippen molar-refractivity contribution >= 4 is 11.8 Å². The van der Waals surface area contributed by atoms with Crippen molar-refractivity contribution in [2.24, 2.45) is 5.92 Å². The van der Waals surface area contributed by atoms with E-state index in [-0.39, 0.29) is 23.1 Å². The summed E-state index contributed by atoms with van der Waals surface area (Å²) < 4.78 is 48.5. The van der Waals surface area contributed by atoms with Crippen LogP contribution < -0.4 is 5.32 Å². The highest BCUT2D eigenvalue weighted by Gasteiger charge is 2.62. The van der Waals surface area contributed by atoms with Gasteiger partial charge >= 0.3 is 12.3 Å². The number of nitrogens with one attached hydrogen (secondary N) is 1. The van der Waals surface area contributed by atoms with Gasteiger partial charge in [-0.25, -0.2) is 4.79 Å². The Labute approximate surface area is 214 Å². The Kier molecular flexibility index (Phi) is 10.6. The van der Waals surface area contributed by atoms with E-state index in [1.165, 1.54) is 38.5 Å². The van der Waals surface area contributed by atoms with E-state index in [1.807, 2.05) is 6.07 Å². The summed E-state index contributed by atoms with van der Waals surface area (Å²) in [6, 6.07) is 5.08. The first kappa shape index (κ1) is 28.4. The van der Waals surface area contributed by atoms with E-state index in [9.17, 15) is 18.0 Å². The molecule has 1 N–H and O–H groups in total. The zero-order chi connectivity index (χ0) is 26.0. The smallest absolute Gasteiger partial charge is 0.415 e. The molecule has 1 saturated carbocycles. The molecule has 2 aliphatic rings. The number of anilines is 1. The van der Waals surface area contributed by atoms with Crippen molar-refractivity contribution in [3.8, 4) is 11.8 Å². The van der Waals surface area contributed by atoms with Gasteiger partial charge < -0.3 is 4.74 Å². The molecule has 36 heavy (non-hydrogen) atoms. The van der Waals surface area contributed by atoms with Gasteiger partial charge in [0, 0.05) is 11.5 Å². The average molecular weight is 506 g/mol. The fourth-order valence-corrected chi connectivity index (χ4v) is 4.99. The summed E-state index contributed by atoms with van der Waals surface area (Å²) in [6.45, 7) is 4.38. The highest BCUT2D eigenvalue weighted by molar-refractivity contribution is 5.89. The van der Waals surface area contributed by atoms with Gasteiger partial charge in [-0.1, -0.05) is 96.5 Å². The zero-order valence-electron chi connectivity index (χ0n) is 21.9. The van der Waals surface area contributed by atoms with E-state index in [1.54, 1.807) is 12.1 Å². The number of fused-ring (bicyclic) bond motifs is 1. The number of ether oxygens (including phenoxy) is 1. The molecule has 1 aliphatic carbocycles. The maximum atomic E-state index is 14.5. The SMILES string of the molecule is CCCCCCCCCCC(CCCCC)c1ccc2c(c1)C(C#CC1CC1)(C(F)(F)F)OC(=O)N2. The number of benzene rings is 1. The van der Waals surface area contributed by atoms with Crippen LogP contribution in [-0.2, 0) is 10.3 Å². The molecule has 200 valence electrons. The molecule has 1 aromatic carbocycles. The highest BCUT2D eigenvalue weighted by Crippen LogP contribution is 2.48. The Morgan fingerprint density at radius 3 is 2.17 bits per heavy atom. The van der Waals surface area contributed by atoms with E-state index in [2.05, 4.69) is 31.0 Å². The van der Waals surface area contributed by atoms with E-state index in [4.69, 9.17) is 4.74 Å². The molecule has 1 fully saturated rings. The molecular formula is C30H42F3NO2. The van der Waals surface area contributed by atoms with Gasteiger partial charge in [0.25, 0.3) is 5.60 Å². The van der Waals surface area contributed by atoms with Crippen molar-refractivity contribution in [3.05, 3.63) is 29.3 Å². The Balaban J connectivity index is 1.80. The molecule has 0 bridgehead atoms. The summed E-state index contributed by atoms with van der Waals surface area (Å²) in [5.74, 6) is 5.22. The molecule has 2 atom stereocenters. The third-order valence-electron chi connectivity index (χ3n) is 7.37. The van der Waals surface area contributed by atoms with Gasteiger partial charge in [-0.15, -0.1) is 0 Å². The fraction of sp³-hybridized carbons (Fsp3) is 0.700. The van der Waals surface area contributed by atoms with Crippen molar-refractivity contribution in [1.29, 1.82) is 0 Å². The lowest BCUT2D eigenvalue weighted by Gasteiger charge is -2.36. The predicted molar refractivity (Wildman–Crippen MR) is 139 cm³/mol. The first-order valence-corrected chi connectivity index (χ1v) is 14.0. The van der Waals surface area contributed by atoms with Gasteiger partial charge in [0.15, 0.2) is 0 Å². The quantitative estimate of drug-likeness (QED) is 0.202. The molecule has 0 aromatic heterocycles. The van der Waals surface area contributed by atoms with Gasteiger partial charge in [0.1, 0.15) is 0 Å². The molecule has 2 unspecified atom stereocenters. The van der Waals surface area contributed by atoms with Crippen LogP contribution in [0.4, 0.5) is 23.7 Å². The molecule has 3 rings (SSSR count). The number of rotatable bonds is 14. The number of carbonyl (C=O) groups excluding carboxylic acids is 1. The van der Waals surface area contributed by atoms with Crippen LogP contribution in [0.5, 0.6) is 0 Å². The number of amides is 1. The van der Waals surface area contributed by atoms with Crippen LogP contribution in [0.3, 0.4) is 0 Å². The number of carbonyl (C=O) groups is 1. The second-order valence-electron chi connectivity index (χ2n) is 10.5. The second kappa shape index (κ2) is 13.4. The molecule has 1 amide bonds. The average Bonchev–Trinajstić information content (AvgIpc) is 3.67. The van der Waals surface area contributed by atoms with Gasteiger partial charge in [0.05, 0.1) is 5.69 Å². The third-order valence-corrected chi connectivity index (χ3v) is 7.37. The lowest BCUT2D eigenvalue weighted by Crippen LogP contribution is -2.49. The monoisotopic (exact) mass is 505 g/mol. The van der Waals surface area contributed by atoms with Gasteiger partial charge in [-0.3, -0.25) is 5.32 Å². The lowest BCUT2D eigenvalue weighted by atomic mass is 9.83. The Morgan fingerprint density at radius 1 is 0.972 bits per heavy atom. The van der Waals surface area contributed by atoms with Crippen LogP contribution in [0.2, 0.25) is 0 Å². The molecule has 0 saturated heterocycles. The third kappa shape index (κ3) is 7.67. The van der Waals surface area contributed by atoms with Crippen molar-refractivity contribution < 1.29 is 22.7 Å². The van der Waals surface area contributed by atoms with Crippen molar-refractivity contribution in [2.45, 2.75) is 128 Å². The summed E-state index contributed by atoms with van der Waals surface area (Å²) in [5.41, 5.74) is -1.99. The Bertz CT molecular complexity index is 913. The summed E-state index contributed by atoms with van der Waals surface area (Å²) >= 11 is 0. The summed E-state index contributed by atoms with van der Waals surface area (Å²) in [4.78, 5) is 12.1. The van der Waals surface area contributed by atoms with Crippen LogP contribution in [0.15, 0.2) is 18.2 Å². The molecular weight excluding hydrogens is 463 g/mol. The summed E-state index contributed by atoms with van der Waals surface area (Å²) in [5, 5.41) is 2.46. The number of alkyl halides is 3. The molecule has 1 aromatic rings. The topological polar surface area (TPSA) is 38.3 Å². The number of hydrogen-bond acceptors (Lipinski definition) is 2. The van der Waals surface area contributed by atoms with Crippen molar-refractivity contribution in [1.82, 2.24) is 0 Å². The number of hydrogen-bond donors (Lipinski definition) is 1. The van der Waals surface area contributed by atoms with E-state index in [0.717, 1.165) is 63.4 Å². The second-order valence-corrected chi connectivity index (χ2v) is 10.5. The molecule has 3 nitrogen and oxygen atoms in total. The minimum Gasteiger partial charge on any atom is -0.415 e. The van der Waals surface area contributed by atoms with E-state index >= 15 is 0 Å². The lowest BCUT2D eigenvalue weighted by molar-refractivity contribution is -0.239. The van der Waals surface area contributed by atoms with E-state index < -0.39 is 17.9 Å². The van der Waals surface area contributed by atoms with Crippen LogP contribution in [0, 0.1) is 17.8 Å². The van der Waals surface area contributed by atoms with Crippen LogP contribution in [-0.4, -0.2) is 12.3 Å². The molecule has 0 spiro atoms. The van der Waals surface area contributed by atoms with Crippen LogP contribution in [0.1, 0.15) is 127 Å². The largest absolute Gasteiger partial charge is 0.445 e. The minimum atomic E-state index is -4.84. The number of halogens is 3. The molecule has 0 radical (unpaired) electrons. The molecule has 1 aliphatic heterocycles. The summed E-state index contributed by atoms with van der Waals surface area (Å²) in [7, 11) is 0. The Morgan fingerprint density at radius 2 is 1.56 bits per heavy atom. The van der Waals surface area contributed by atoms with Crippen molar-refractivity contribution in [2.75, 3.05) is 5.32 Å². The first-order valence-electron chi connectivity index (χ1n) is 14.0. The summed E-state index contributed by atoms with van der Waals surface area (Å²) in [6.07, 6.45) is 10.6. The zero-order valence-corrected chi connectivity index (χ0v) is 21.9. The minimum absolute atomic E-state index is 0.0480. The number of cyclic esters (lactones) is 1. The fourth-order valence-electron chi connectivity index (χ4n) is 4.99. The van der Waals surface area contributed by atoms with Crippen LogP contribution >= 0.6 is 0 Å². The standard InChI is InChI=1S/C30H42F3NO2/c1-3-5-7-8-9-10-11-13-15-24(14-12-6-4-2)25-18-19-27-26(22-25)29(30(31,32)33,36-28(35)34-27)21-20-23-16-17-23/h18-19,22-24H,3-17H2,1-2H3,(H,34,35). The van der Waals surface area contributed by atoms with Gasteiger partial charge in [-0.05, 0) is 55.2 Å². The van der Waals surface area contributed by atoms with Crippen LogP contribution in [0.25, 0.3) is 0 Å². The predicted octanol–water partition coefficient (Wildman–Crippen LogP) is 9.61. The molecule has 6 heteroatoms. The first-order chi connectivity index (χ1) is 17.3. The number of unbranched alkanes of at least 4 members (excludes halogenated alkanes) is 9. The Hall–Kier alpha value is -2.16. The van der Waals surface area contributed by atoms with E-state index in [0.29, 0.717) is 0 Å². The van der Waals surface area contributed by atoms with Gasteiger partial charge in [-0.2, -0.15) is 13.2 Å². The maximum absolute atomic E-state index is 14.5. The highest BCUT2D eigenvalue weighted by atomic mass is 19.4.